The quantitative estimate of drug-likeness (QED) is 0.416. The van der Waals surface area contributed by atoms with Gasteiger partial charge in [0.15, 0.2) is 0 Å². The Balaban J connectivity index is 3.55. The number of rotatable bonds is 6. The molecule has 0 rings (SSSR count). The molecular formula is C7H14O5. The number of aliphatic hydroxyl groups excluding tert-OH is 3. The molecule has 0 aromatic carbocycles. The minimum Gasteiger partial charge on any atom is -0.481 e. The van der Waals surface area contributed by atoms with E-state index in [1.807, 2.05) is 0 Å². The molecule has 12 heavy (non-hydrogen) atoms. The van der Waals surface area contributed by atoms with Gasteiger partial charge in [0, 0.05) is 13.0 Å². The molecule has 4 N–H and O–H groups in total. The lowest BCUT2D eigenvalue weighted by Crippen LogP contribution is -2.27. The lowest BCUT2D eigenvalue weighted by Gasteiger charge is -2.15. The van der Waals surface area contributed by atoms with Gasteiger partial charge >= 0.3 is 5.97 Å². The van der Waals surface area contributed by atoms with Gasteiger partial charge in [-0.15, -0.1) is 0 Å². The topological polar surface area (TPSA) is 98.0 Å². The maximum atomic E-state index is 10.0. The van der Waals surface area contributed by atoms with Crippen LogP contribution in [-0.2, 0) is 4.79 Å². The van der Waals surface area contributed by atoms with E-state index in [0.29, 0.717) is 0 Å². The highest BCUT2D eigenvalue weighted by Crippen LogP contribution is 2.05. The molecule has 72 valence electrons. The lowest BCUT2D eigenvalue weighted by atomic mass is 10.1. The van der Waals surface area contributed by atoms with Crippen molar-refractivity contribution in [2.75, 3.05) is 6.61 Å². The number of carboxylic acid groups (broad SMARTS) is 1. The van der Waals surface area contributed by atoms with Gasteiger partial charge in [-0.2, -0.15) is 0 Å². The lowest BCUT2D eigenvalue weighted by molar-refractivity contribution is -0.138. The summed E-state index contributed by atoms with van der Waals surface area (Å²) in [4.78, 5) is 10.0. The first-order chi connectivity index (χ1) is 5.57. The van der Waals surface area contributed by atoms with Crippen molar-refractivity contribution < 1.29 is 25.2 Å². The standard InChI is InChI=1S/C7H14O5/c8-4-3-6(10)5(9)1-2-7(11)12/h5-6,8-10H,1-4H2,(H,11,12). The summed E-state index contributed by atoms with van der Waals surface area (Å²) in [5.74, 6) is -1.01. The Kier molecular flexibility index (Phi) is 5.61. The summed E-state index contributed by atoms with van der Waals surface area (Å²) in [5, 5.41) is 34.7. The third-order valence-electron chi connectivity index (χ3n) is 1.52. The molecule has 0 aliphatic heterocycles. The van der Waals surface area contributed by atoms with E-state index in [2.05, 4.69) is 0 Å². The molecule has 0 aliphatic carbocycles. The normalized spacial score (nSPS) is 15.6. The van der Waals surface area contributed by atoms with Crippen molar-refractivity contribution in [1.29, 1.82) is 0 Å². The van der Waals surface area contributed by atoms with Gasteiger partial charge in [-0.3, -0.25) is 4.79 Å². The Morgan fingerprint density at radius 3 is 2.08 bits per heavy atom. The molecule has 0 amide bonds. The van der Waals surface area contributed by atoms with Crippen molar-refractivity contribution in [1.82, 2.24) is 0 Å². The molecule has 5 nitrogen and oxygen atoms in total. The SMILES string of the molecule is O=C(O)CCC(O)C(O)CCO. The molecule has 0 spiro atoms. The average Bonchev–Trinajstić information content (AvgIpc) is 2.00. The van der Waals surface area contributed by atoms with E-state index >= 15 is 0 Å². The third kappa shape index (κ3) is 5.06. The minimum atomic E-state index is -1.06. The average molecular weight is 178 g/mol. The molecule has 0 saturated carbocycles. The van der Waals surface area contributed by atoms with Crippen LogP contribution in [0, 0.1) is 0 Å². The van der Waals surface area contributed by atoms with Crippen molar-refractivity contribution in [3.8, 4) is 0 Å². The van der Waals surface area contributed by atoms with Crippen LogP contribution in [0.15, 0.2) is 0 Å². The molecule has 2 atom stereocenters. The summed E-state index contributed by atoms with van der Waals surface area (Å²) in [6.45, 7) is -0.217. The molecular weight excluding hydrogens is 164 g/mol. The fraction of sp³-hybridized carbons (Fsp3) is 0.857. The predicted octanol–water partition coefficient (Wildman–Crippen LogP) is -1.04. The van der Waals surface area contributed by atoms with Gasteiger partial charge in [0.2, 0.25) is 0 Å². The minimum absolute atomic E-state index is 0.0104. The van der Waals surface area contributed by atoms with Crippen LogP contribution in [0.1, 0.15) is 19.3 Å². The molecule has 0 heterocycles. The number of hydrogen-bond donors (Lipinski definition) is 4. The number of hydrogen-bond acceptors (Lipinski definition) is 4. The van der Waals surface area contributed by atoms with E-state index in [1.54, 1.807) is 0 Å². The van der Waals surface area contributed by atoms with Crippen molar-refractivity contribution in [2.24, 2.45) is 0 Å². The summed E-state index contributed by atoms with van der Waals surface area (Å²) < 4.78 is 0. The second-order valence-electron chi connectivity index (χ2n) is 2.58. The molecule has 0 aromatic heterocycles. The zero-order chi connectivity index (χ0) is 9.56. The molecule has 0 saturated heterocycles. The summed E-state index contributed by atoms with van der Waals surface area (Å²) >= 11 is 0. The number of aliphatic hydroxyl groups is 3. The van der Waals surface area contributed by atoms with Gasteiger partial charge in [0.1, 0.15) is 0 Å². The first-order valence-electron chi connectivity index (χ1n) is 3.76. The van der Waals surface area contributed by atoms with Crippen LogP contribution >= 0.6 is 0 Å². The van der Waals surface area contributed by atoms with Crippen LogP contribution in [-0.4, -0.2) is 45.2 Å². The number of aliphatic carboxylic acids is 1. The van der Waals surface area contributed by atoms with Gasteiger partial charge in [-0.25, -0.2) is 0 Å². The van der Waals surface area contributed by atoms with Gasteiger partial charge in [-0.05, 0) is 12.8 Å². The summed E-state index contributed by atoms with van der Waals surface area (Å²) in [6.07, 6.45) is -2.19. The fourth-order valence-corrected chi connectivity index (χ4v) is 0.788. The Morgan fingerprint density at radius 1 is 1.17 bits per heavy atom. The number of carboxylic acids is 1. The van der Waals surface area contributed by atoms with Gasteiger partial charge in [0.05, 0.1) is 12.2 Å². The highest BCUT2D eigenvalue weighted by atomic mass is 16.4. The molecule has 0 aromatic rings. The van der Waals surface area contributed by atoms with Crippen LogP contribution in [0.3, 0.4) is 0 Å². The molecule has 0 bridgehead atoms. The van der Waals surface area contributed by atoms with Crippen molar-refractivity contribution in [2.45, 2.75) is 31.5 Å². The van der Waals surface area contributed by atoms with Crippen molar-refractivity contribution >= 4 is 5.97 Å². The first-order valence-corrected chi connectivity index (χ1v) is 3.76. The van der Waals surface area contributed by atoms with Crippen LogP contribution in [0.5, 0.6) is 0 Å². The van der Waals surface area contributed by atoms with Crippen LogP contribution in [0.4, 0.5) is 0 Å². The predicted molar refractivity (Wildman–Crippen MR) is 40.6 cm³/mol. The van der Waals surface area contributed by atoms with E-state index in [-0.39, 0.29) is 25.9 Å². The summed E-state index contributed by atoms with van der Waals surface area (Å²) in [6, 6.07) is 0. The smallest absolute Gasteiger partial charge is 0.303 e. The highest BCUT2D eigenvalue weighted by molar-refractivity contribution is 5.66. The summed E-state index contributed by atoms with van der Waals surface area (Å²) in [7, 11) is 0. The zero-order valence-electron chi connectivity index (χ0n) is 6.68. The molecule has 5 heteroatoms. The fourth-order valence-electron chi connectivity index (χ4n) is 0.788. The molecule has 0 fully saturated rings. The van der Waals surface area contributed by atoms with E-state index in [1.165, 1.54) is 0 Å². The second kappa shape index (κ2) is 5.93. The van der Waals surface area contributed by atoms with Gasteiger partial charge in [-0.1, -0.05) is 0 Å². The van der Waals surface area contributed by atoms with Crippen LogP contribution in [0.25, 0.3) is 0 Å². The van der Waals surface area contributed by atoms with E-state index in [0.717, 1.165) is 0 Å². The monoisotopic (exact) mass is 178 g/mol. The highest BCUT2D eigenvalue weighted by Gasteiger charge is 2.16. The maximum Gasteiger partial charge on any atom is 0.303 e. The van der Waals surface area contributed by atoms with Gasteiger partial charge < -0.3 is 20.4 Å². The van der Waals surface area contributed by atoms with Gasteiger partial charge in [0.25, 0.3) is 0 Å². The molecule has 0 radical (unpaired) electrons. The van der Waals surface area contributed by atoms with Crippen LogP contribution < -0.4 is 0 Å². The number of carbonyl (C=O) groups is 1. The first kappa shape index (κ1) is 11.4. The van der Waals surface area contributed by atoms with Crippen molar-refractivity contribution in [3.05, 3.63) is 0 Å². The van der Waals surface area contributed by atoms with Crippen LogP contribution in [0.2, 0.25) is 0 Å². The Labute approximate surface area is 70.3 Å². The molecule has 0 aliphatic rings. The Morgan fingerprint density at radius 2 is 1.67 bits per heavy atom. The maximum absolute atomic E-state index is 10.0. The van der Waals surface area contributed by atoms with E-state index < -0.39 is 18.2 Å². The van der Waals surface area contributed by atoms with E-state index in [9.17, 15) is 4.79 Å². The zero-order valence-corrected chi connectivity index (χ0v) is 6.68. The van der Waals surface area contributed by atoms with Crippen molar-refractivity contribution in [3.63, 3.8) is 0 Å². The largest absolute Gasteiger partial charge is 0.481 e. The Bertz CT molecular complexity index is 136. The van der Waals surface area contributed by atoms with E-state index in [4.69, 9.17) is 20.4 Å². The Hall–Kier alpha value is -0.650. The summed E-state index contributed by atoms with van der Waals surface area (Å²) in [5.41, 5.74) is 0. The third-order valence-corrected chi connectivity index (χ3v) is 1.52. The molecule has 2 unspecified atom stereocenters. The second-order valence-corrected chi connectivity index (χ2v) is 2.58.